The number of imidazole rings is 1. The number of hydrogen-bond donors (Lipinski definition) is 0. The van der Waals surface area contributed by atoms with Crippen molar-refractivity contribution in [2.45, 2.75) is 56.7 Å². The highest BCUT2D eigenvalue weighted by Gasteiger charge is 2.47. The fourth-order valence-electron chi connectivity index (χ4n) is 5.80. The Balaban J connectivity index is 1.34. The molecule has 7 nitrogen and oxygen atoms in total. The Morgan fingerprint density at radius 2 is 1.97 bits per heavy atom. The van der Waals surface area contributed by atoms with Gasteiger partial charge >= 0.3 is 0 Å². The van der Waals surface area contributed by atoms with E-state index in [1.165, 1.54) is 18.5 Å². The maximum absolute atomic E-state index is 13.7. The van der Waals surface area contributed by atoms with Crippen LogP contribution in [-0.4, -0.2) is 49.7 Å². The van der Waals surface area contributed by atoms with Crippen LogP contribution in [0.3, 0.4) is 0 Å². The van der Waals surface area contributed by atoms with Gasteiger partial charge in [0.1, 0.15) is 5.52 Å². The summed E-state index contributed by atoms with van der Waals surface area (Å²) in [6.07, 6.45) is 12.1. The summed E-state index contributed by atoms with van der Waals surface area (Å²) in [7, 11) is 0. The molecule has 3 aliphatic rings. The largest absolute Gasteiger partial charge is 0.381 e. The van der Waals surface area contributed by atoms with Gasteiger partial charge in [0.15, 0.2) is 5.65 Å². The quantitative estimate of drug-likeness (QED) is 0.654. The Bertz CT molecular complexity index is 1090. The van der Waals surface area contributed by atoms with Crippen LogP contribution in [0.4, 0.5) is 0 Å². The molecule has 0 N–H and O–H groups in total. The van der Waals surface area contributed by atoms with Gasteiger partial charge in [0.2, 0.25) is 0 Å². The monoisotopic (exact) mass is 405 g/mol. The third kappa shape index (κ3) is 2.64. The van der Waals surface area contributed by atoms with Crippen LogP contribution < -0.4 is 0 Å². The maximum Gasteiger partial charge on any atom is 0.256 e. The van der Waals surface area contributed by atoms with Crippen molar-refractivity contribution < 1.29 is 9.53 Å². The SMILES string of the molecule is O=C(c1cnc2c(c1)ncn2C1CCOCC1)N1CCn2cccc2C12CCCC2. The first kappa shape index (κ1) is 18.1. The number of amides is 1. The molecule has 5 heterocycles. The Labute approximate surface area is 175 Å². The second-order valence-corrected chi connectivity index (χ2v) is 8.84. The molecule has 2 aliphatic heterocycles. The number of nitrogens with zero attached hydrogens (tertiary/aromatic N) is 5. The van der Waals surface area contributed by atoms with Crippen molar-refractivity contribution in [2.24, 2.45) is 0 Å². The van der Waals surface area contributed by atoms with Crippen LogP contribution in [-0.2, 0) is 16.8 Å². The van der Waals surface area contributed by atoms with Gasteiger partial charge in [-0.3, -0.25) is 4.79 Å². The average Bonchev–Trinajstić information content (AvgIpc) is 3.54. The molecule has 3 aromatic heterocycles. The number of hydrogen-bond acceptors (Lipinski definition) is 4. The standard InChI is InChI=1S/C23H27N5O2/c29-22(28-11-10-26-9-3-4-20(26)23(28)7-1-2-8-23)17-14-19-21(24-15-17)27(16-25-19)18-5-12-30-13-6-18/h3-4,9,14-16,18H,1-2,5-8,10-13H2. The smallest absolute Gasteiger partial charge is 0.256 e. The number of carbonyl (C=O) groups excluding carboxylic acids is 1. The molecule has 0 radical (unpaired) electrons. The molecule has 1 aliphatic carbocycles. The molecule has 156 valence electrons. The lowest BCUT2D eigenvalue weighted by Gasteiger charge is -2.45. The van der Waals surface area contributed by atoms with E-state index in [1.54, 1.807) is 6.20 Å². The molecule has 0 unspecified atom stereocenters. The Morgan fingerprint density at radius 3 is 2.80 bits per heavy atom. The van der Waals surface area contributed by atoms with E-state index < -0.39 is 0 Å². The summed E-state index contributed by atoms with van der Waals surface area (Å²) in [5.41, 5.74) is 3.42. The van der Waals surface area contributed by atoms with Crippen molar-refractivity contribution in [2.75, 3.05) is 19.8 Å². The third-order valence-corrected chi connectivity index (χ3v) is 7.31. The number of carbonyl (C=O) groups is 1. The van der Waals surface area contributed by atoms with Crippen molar-refractivity contribution in [1.82, 2.24) is 24.0 Å². The number of aromatic nitrogens is 4. The molecule has 1 saturated heterocycles. The summed E-state index contributed by atoms with van der Waals surface area (Å²) in [6.45, 7) is 3.15. The van der Waals surface area contributed by atoms with Crippen molar-refractivity contribution in [1.29, 1.82) is 0 Å². The van der Waals surface area contributed by atoms with Crippen LogP contribution in [0.15, 0.2) is 36.9 Å². The number of fused-ring (bicyclic) bond motifs is 3. The number of rotatable bonds is 2. The molecule has 30 heavy (non-hydrogen) atoms. The summed E-state index contributed by atoms with van der Waals surface area (Å²) in [5, 5.41) is 0. The molecule has 1 saturated carbocycles. The molecular weight excluding hydrogens is 378 g/mol. The minimum Gasteiger partial charge on any atom is -0.381 e. The van der Waals surface area contributed by atoms with Crippen molar-refractivity contribution in [3.05, 3.63) is 48.2 Å². The van der Waals surface area contributed by atoms with Crippen molar-refractivity contribution in [3.63, 3.8) is 0 Å². The summed E-state index contributed by atoms with van der Waals surface area (Å²) in [4.78, 5) is 25.1. The minimum absolute atomic E-state index is 0.0827. The van der Waals surface area contributed by atoms with Gasteiger partial charge in [-0.15, -0.1) is 0 Å². The van der Waals surface area contributed by atoms with Gasteiger partial charge < -0.3 is 18.8 Å². The van der Waals surface area contributed by atoms with Crippen molar-refractivity contribution in [3.8, 4) is 0 Å². The van der Waals surface area contributed by atoms with E-state index in [1.807, 2.05) is 12.4 Å². The van der Waals surface area contributed by atoms with E-state index in [2.05, 4.69) is 42.3 Å². The summed E-state index contributed by atoms with van der Waals surface area (Å²) < 4.78 is 9.96. The van der Waals surface area contributed by atoms with E-state index in [-0.39, 0.29) is 11.4 Å². The van der Waals surface area contributed by atoms with Gasteiger partial charge in [0, 0.05) is 50.4 Å². The predicted molar refractivity (Wildman–Crippen MR) is 112 cm³/mol. The molecule has 7 heteroatoms. The first-order chi connectivity index (χ1) is 14.8. The topological polar surface area (TPSA) is 65.2 Å². The van der Waals surface area contributed by atoms with Crippen LogP contribution in [0.2, 0.25) is 0 Å². The zero-order valence-corrected chi connectivity index (χ0v) is 17.2. The van der Waals surface area contributed by atoms with Gasteiger partial charge in [0.05, 0.1) is 17.4 Å². The second-order valence-electron chi connectivity index (χ2n) is 8.84. The van der Waals surface area contributed by atoms with Crippen LogP contribution in [0.1, 0.15) is 60.6 Å². The molecular formula is C23H27N5O2. The van der Waals surface area contributed by atoms with E-state index in [9.17, 15) is 4.79 Å². The first-order valence-corrected chi connectivity index (χ1v) is 11.1. The molecule has 0 atom stereocenters. The molecule has 0 bridgehead atoms. The molecule has 2 fully saturated rings. The highest BCUT2D eigenvalue weighted by molar-refractivity contribution is 5.97. The number of ether oxygens (including phenoxy) is 1. The van der Waals surface area contributed by atoms with E-state index >= 15 is 0 Å². The Hall–Kier alpha value is -2.67. The summed E-state index contributed by atoms with van der Waals surface area (Å²) in [5.74, 6) is 0.0827. The lowest BCUT2D eigenvalue weighted by Crippen LogP contribution is -2.53. The van der Waals surface area contributed by atoms with Gasteiger partial charge in [-0.2, -0.15) is 0 Å². The zero-order valence-electron chi connectivity index (χ0n) is 17.2. The normalized spacial score (nSPS) is 21.4. The van der Waals surface area contributed by atoms with Gasteiger partial charge in [-0.05, 0) is 43.9 Å². The van der Waals surface area contributed by atoms with Gasteiger partial charge in [0.25, 0.3) is 5.91 Å². The highest BCUT2D eigenvalue weighted by Crippen LogP contribution is 2.46. The average molecular weight is 406 g/mol. The van der Waals surface area contributed by atoms with Crippen molar-refractivity contribution >= 4 is 17.1 Å². The molecule has 3 aromatic rings. The molecule has 1 spiro atoms. The van der Waals surface area contributed by atoms with E-state index in [4.69, 9.17) is 4.74 Å². The van der Waals surface area contributed by atoms with Gasteiger partial charge in [-0.25, -0.2) is 9.97 Å². The molecule has 1 amide bonds. The van der Waals surface area contributed by atoms with Crippen LogP contribution in [0.25, 0.3) is 11.2 Å². The van der Waals surface area contributed by atoms with Crippen LogP contribution >= 0.6 is 0 Å². The fourth-order valence-corrected chi connectivity index (χ4v) is 5.80. The number of pyridine rings is 1. The highest BCUT2D eigenvalue weighted by atomic mass is 16.5. The zero-order chi connectivity index (χ0) is 20.1. The van der Waals surface area contributed by atoms with Crippen LogP contribution in [0, 0.1) is 0 Å². The predicted octanol–water partition coefficient (Wildman–Crippen LogP) is 3.51. The first-order valence-electron chi connectivity index (χ1n) is 11.1. The van der Waals surface area contributed by atoms with Gasteiger partial charge in [-0.1, -0.05) is 12.8 Å². The Morgan fingerprint density at radius 1 is 1.13 bits per heavy atom. The summed E-state index contributed by atoms with van der Waals surface area (Å²) >= 11 is 0. The fraction of sp³-hybridized carbons (Fsp3) is 0.522. The lowest BCUT2D eigenvalue weighted by atomic mass is 9.88. The van der Waals surface area contributed by atoms with E-state index in [0.717, 1.165) is 63.2 Å². The second kappa shape index (κ2) is 6.94. The van der Waals surface area contributed by atoms with E-state index in [0.29, 0.717) is 11.6 Å². The van der Waals surface area contributed by atoms with Crippen LogP contribution in [0.5, 0.6) is 0 Å². The molecule has 0 aromatic carbocycles. The maximum atomic E-state index is 13.7. The Kier molecular flexibility index (Phi) is 4.19. The molecule has 6 rings (SSSR count). The third-order valence-electron chi connectivity index (χ3n) is 7.31. The lowest BCUT2D eigenvalue weighted by molar-refractivity contribution is 0.0351. The minimum atomic E-state index is -0.171. The summed E-state index contributed by atoms with van der Waals surface area (Å²) in [6, 6.07) is 6.60.